The Kier molecular flexibility index (Phi) is 10.6. The number of β-amino-alcohol motifs (C(OH)–C–C–N with tert-alkyl or cyclic N) is 1. The van der Waals surface area contributed by atoms with E-state index in [1.54, 1.807) is 0 Å². The number of fused-ring (bicyclic) bond motifs is 2. The zero-order valence-corrected chi connectivity index (χ0v) is 32.1. The van der Waals surface area contributed by atoms with E-state index < -0.39 is 5.97 Å². The van der Waals surface area contributed by atoms with E-state index in [2.05, 4.69) is 45.6 Å². The molecule has 11 nitrogen and oxygen atoms in total. The Balaban J connectivity index is 0.959. The average Bonchev–Trinajstić information content (AvgIpc) is 3.74. The molecule has 1 atom stereocenters. The Morgan fingerprint density at radius 3 is 2.49 bits per heavy atom. The maximum Gasteiger partial charge on any atom is 0.306 e. The van der Waals surface area contributed by atoms with Gasteiger partial charge >= 0.3 is 5.97 Å². The number of aliphatic hydroxyl groups is 1. The summed E-state index contributed by atoms with van der Waals surface area (Å²) in [6.45, 7) is 6.96. The third kappa shape index (κ3) is 7.84. The van der Waals surface area contributed by atoms with Gasteiger partial charge in [0.25, 0.3) is 5.91 Å². The van der Waals surface area contributed by atoms with Gasteiger partial charge in [0, 0.05) is 81.3 Å². The van der Waals surface area contributed by atoms with E-state index in [0.29, 0.717) is 35.5 Å². The average molecular weight is 762 g/mol. The normalized spacial score (nSPS) is 20.4. The van der Waals surface area contributed by atoms with E-state index in [0.717, 1.165) is 115 Å². The summed E-state index contributed by atoms with van der Waals surface area (Å²) in [5.74, 6) is 0.400. The van der Waals surface area contributed by atoms with Gasteiger partial charge in [-0.05, 0) is 91.3 Å². The van der Waals surface area contributed by atoms with Gasteiger partial charge in [0.05, 0.1) is 28.4 Å². The molecule has 2 fully saturated rings. The number of anilines is 3. The van der Waals surface area contributed by atoms with E-state index in [-0.39, 0.29) is 17.9 Å². The standard InChI is InChI=1S/C43H48ClN7O4/c1-26-32(5-3-7-35(26)46-40-33-14-11-28(21-30(33)15-18-45-40)23-50-19-16-31(52)24-50)34-6-4-8-36(39(34)44)48-42(53)41-47-37-25-51(20-17-38(37)49(41)2)22-27-9-12-29(13-10-27)43(54)55/h3-8,11,14-15,18,21,27,29,31,52H,9-10,12-13,16-17,19-20,22-25H2,1-2H3,(H,45,46)(H,48,53)(H,54,55)/t27?,29?,31-/m1/s1. The van der Waals surface area contributed by atoms with E-state index in [1.165, 1.54) is 5.56 Å². The minimum Gasteiger partial charge on any atom is -0.481 e. The first kappa shape index (κ1) is 37.1. The predicted molar refractivity (Wildman–Crippen MR) is 216 cm³/mol. The number of imidazole rings is 1. The number of aliphatic hydroxyl groups excluding tert-OH is 1. The fourth-order valence-electron chi connectivity index (χ4n) is 8.74. The number of hydrogen-bond acceptors (Lipinski definition) is 8. The number of carboxylic acid groups (broad SMARTS) is 1. The molecule has 286 valence electrons. The van der Waals surface area contributed by atoms with Crippen LogP contribution in [-0.4, -0.2) is 78.7 Å². The van der Waals surface area contributed by atoms with Crippen LogP contribution in [0.5, 0.6) is 0 Å². The third-order valence-corrected chi connectivity index (χ3v) is 12.3. The first-order valence-electron chi connectivity index (χ1n) is 19.4. The molecule has 0 unspecified atom stereocenters. The molecule has 0 bridgehead atoms. The summed E-state index contributed by atoms with van der Waals surface area (Å²) in [7, 11) is 1.90. The van der Waals surface area contributed by atoms with E-state index >= 15 is 0 Å². The molecule has 0 spiro atoms. The van der Waals surface area contributed by atoms with Crippen molar-refractivity contribution in [1.29, 1.82) is 0 Å². The first-order valence-corrected chi connectivity index (χ1v) is 19.7. The van der Waals surface area contributed by atoms with Crippen LogP contribution in [0.1, 0.15) is 65.2 Å². The van der Waals surface area contributed by atoms with Gasteiger partial charge in [-0.3, -0.25) is 19.4 Å². The van der Waals surface area contributed by atoms with Gasteiger partial charge in [-0.1, -0.05) is 48.0 Å². The van der Waals surface area contributed by atoms with Crippen molar-refractivity contribution in [3.05, 3.63) is 100 Å². The number of halogens is 1. The zero-order valence-electron chi connectivity index (χ0n) is 31.4. The number of carboxylic acids is 1. The molecule has 4 heterocycles. The molecule has 1 saturated heterocycles. The Bertz CT molecular complexity index is 2250. The molecule has 0 radical (unpaired) electrons. The topological polar surface area (TPSA) is 136 Å². The van der Waals surface area contributed by atoms with Gasteiger partial charge in [-0.25, -0.2) is 9.97 Å². The monoisotopic (exact) mass is 761 g/mol. The lowest BCUT2D eigenvalue weighted by Crippen LogP contribution is -2.36. The van der Waals surface area contributed by atoms with Crippen LogP contribution in [0.25, 0.3) is 21.9 Å². The van der Waals surface area contributed by atoms with Crippen molar-refractivity contribution in [3.8, 4) is 11.1 Å². The number of nitrogens with one attached hydrogen (secondary N) is 2. The van der Waals surface area contributed by atoms with Crippen molar-refractivity contribution in [2.45, 2.75) is 64.6 Å². The van der Waals surface area contributed by atoms with Gasteiger partial charge < -0.3 is 25.4 Å². The Morgan fingerprint density at radius 1 is 0.945 bits per heavy atom. The van der Waals surface area contributed by atoms with E-state index in [4.69, 9.17) is 21.6 Å². The zero-order chi connectivity index (χ0) is 38.2. The summed E-state index contributed by atoms with van der Waals surface area (Å²) in [6.07, 6.45) is 6.57. The molecule has 1 saturated carbocycles. The molecule has 1 amide bonds. The number of carbonyl (C=O) groups excluding carboxylic acids is 1. The fraction of sp³-hybridized carbons (Fsp3) is 0.395. The van der Waals surface area contributed by atoms with Crippen molar-refractivity contribution in [2.75, 3.05) is 36.8 Å². The minimum absolute atomic E-state index is 0.211. The maximum atomic E-state index is 13.7. The van der Waals surface area contributed by atoms with Crippen LogP contribution in [0.3, 0.4) is 0 Å². The second kappa shape index (κ2) is 15.7. The number of pyridine rings is 1. The number of likely N-dealkylation sites (tertiary alicyclic amines) is 1. The summed E-state index contributed by atoms with van der Waals surface area (Å²) in [4.78, 5) is 39.3. The molecule has 4 N–H and O–H groups in total. The van der Waals surface area contributed by atoms with Crippen molar-refractivity contribution < 1.29 is 19.8 Å². The second-order valence-corrected chi connectivity index (χ2v) is 15.9. The molecule has 3 aromatic carbocycles. The SMILES string of the molecule is Cc1c(Nc2nccc3cc(CN4CC[C@@H](O)C4)ccc23)cccc1-c1cccc(NC(=O)c2nc3c(n2C)CCN(CC2CCC(C(=O)O)CC2)C3)c1Cl. The van der Waals surface area contributed by atoms with Crippen LogP contribution in [-0.2, 0) is 31.4 Å². The number of carbonyl (C=O) groups is 2. The maximum absolute atomic E-state index is 13.7. The fourth-order valence-corrected chi connectivity index (χ4v) is 9.02. The quantitative estimate of drug-likeness (QED) is 0.115. The Labute approximate surface area is 326 Å². The van der Waals surface area contributed by atoms with Gasteiger partial charge in [0.1, 0.15) is 5.82 Å². The smallest absolute Gasteiger partial charge is 0.306 e. The van der Waals surface area contributed by atoms with E-state index in [1.807, 2.05) is 60.3 Å². The van der Waals surface area contributed by atoms with Gasteiger partial charge in [-0.2, -0.15) is 0 Å². The molecule has 1 aliphatic carbocycles. The summed E-state index contributed by atoms with van der Waals surface area (Å²) < 4.78 is 1.90. The molecule has 55 heavy (non-hydrogen) atoms. The molecule has 2 aliphatic heterocycles. The molecule has 3 aliphatic rings. The Morgan fingerprint density at radius 2 is 1.73 bits per heavy atom. The molecular weight excluding hydrogens is 714 g/mol. The van der Waals surface area contributed by atoms with Crippen molar-refractivity contribution in [3.63, 3.8) is 0 Å². The molecule has 12 heteroatoms. The minimum atomic E-state index is -0.674. The molecular formula is C43H48ClN7O4. The highest BCUT2D eigenvalue weighted by Crippen LogP contribution is 2.39. The van der Waals surface area contributed by atoms with Crippen LogP contribution >= 0.6 is 11.6 Å². The summed E-state index contributed by atoms with van der Waals surface area (Å²) in [6, 6.07) is 20.2. The van der Waals surface area contributed by atoms with Crippen molar-refractivity contribution >= 4 is 51.4 Å². The second-order valence-electron chi connectivity index (χ2n) is 15.5. The Hall–Kier alpha value is -4.81. The predicted octanol–water partition coefficient (Wildman–Crippen LogP) is 7.41. The lowest BCUT2D eigenvalue weighted by Gasteiger charge is -2.33. The summed E-state index contributed by atoms with van der Waals surface area (Å²) >= 11 is 7.07. The highest BCUT2D eigenvalue weighted by molar-refractivity contribution is 6.36. The van der Waals surface area contributed by atoms with Crippen LogP contribution in [0, 0.1) is 18.8 Å². The van der Waals surface area contributed by atoms with Crippen LogP contribution in [0.2, 0.25) is 5.02 Å². The number of rotatable bonds is 10. The number of benzene rings is 3. The van der Waals surface area contributed by atoms with Crippen molar-refractivity contribution in [1.82, 2.24) is 24.3 Å². The highest BCUT2D eigenvalue weighted by atomic mass is 35.5. The van der Waals surface area contributed by atoms with Crippen molar-refractivity contribution in [2.24, 2.45) is 18.9 Å². The lowest BCUT2D eigenvalue weighted by atomic mass is 9.81. The van der Waals surface area contributed by atoms with Crippen LogP contribution in [0.15, 0.2) is 66.9 Å². The summed E-state index contributed by atoms with van der Waals surface area (Å²) in [5, 5.41) is 28.5. The lowest BCUT2D eigenvalue weighted by molar-refractivity contribution is -0.143. The van der Waals surface area contributed by atoms with E-state index in [9.17, 15) is 19.8 Å². The summed E-state index contributed by atoms with van der Waals surface area (Å²) in [5.41, 5.74) is 7.34. The van der Waals surface area contributed by atoms with Crippen LogP contribution in [0.4, 0.5) is 17.2 Å². The highest BCUT2D eigenvalue weighted by Gasteiger charge is 2.30. The first-order chi connectivity index (χ1) is 26.6. The molecule has 8 rings (SSSR count). The molecule has 5 aromatic rings. The van der Waals surface area contributed by atoms with Gasteiger partial charge in [0.15, 0.2) is 5.82 Å². The third-order valence-electron chi connectivity index (χ3n) is 11.9. The largest absolute Gasteiger partial charge is 0.481 e. The van der Waals surface area contributed by atoms with Gasteiger partial charge in [0.2, 0.25) is 0 Å². The van der Waals surface area contributed by atoms with Gasteiger partial charge in [-0.15, -0.1) is 0 Å². The number of nitrogens with zero attached hydrogens (tertiary/aromatic N) is 5. The number of hydrogen-bond donors (Lipinski definition) is 4. The molecule has 2 aromatic heterocycles. The number of aliphatic carboxylic acids is 1. The number of amides is 1. The van der Waals surface area contributed by atoms with Crippen LogP contribution < -0.4 is 10.6 Å². The number of aromatic nitrogens is 3.